The van der Waals surface area contributed by atoms with Gasteiger partial charge in [0.25, 0.3) is 0 Å². The van der Waals surface area contributed by atoms with Gasteiger partial charge in [0.1, 0.15) is 17.9 Å². The lowest BCUT2D eigenvalue weighted by atomic mass is 10.1. The van der Waals surface area contributed by atoms with Crippen molar-refractivity contribution in [2.24, 2.45) is 0 Å². The second-order valence-electron chi connectivity index (χ2n) is 4.69. The Labute approximate surface area is 125 Å². The van der Waals surface area contributed by atoms with Crippen LogP contribution in [-0.4, -0.2) is 21.6 Å². The van der Waals surface area contributed by atoms with Crippen LogP contribution in [-0.2, 0) is 13.0 Å². The topological polar surface area (TPSA) is 67.3 Å². The van der Waals surface area contributed by atoms with Crippen molar-refractivity contribution in [3.63, 3.8) is 0 Å². The molecule has 1 heterocycles. The smallest absolute Gasteiger partial charge is 0.227 e. The molecule has 0 bridgehead atoms. The van der Waals surface area contributed by atoms with Crippen LogP contribution in [0.4, 0.5) is 5.82 Å². The Balaban J connectivity index is 2.26. The van der Waals surface area contributed by atoms with Gasteiger partial charge in [0.2, 0.25) is 5.88 Å². The molecule has 0 fully saturated rings. The van der Waals surface area contributed by atoms with Crippen molar-refractivity contribution in [1.29, 1.82) is 0 Å². The molecule has 0 radical (unpaired) electrons. The number of nitrogens with one attached hydrogen (secondary N) is 1. The number of anilines is 1. The van der Waals surface area contributed by atoms with Gasteiger partial charge in [-0.05, 0) is 31.0 Å². The third kappa shape index (κ3) is 3.92. The number of hydrogen-bond acceptors (Lipinski definition) is 5. The van der Waals surface area contributed by atoms with Crippen LogP contribution in [0.5, 0.6) is 11.6 Å². The minimum atomic E-state index is 0.0272. The number of benzene rings is 1. The number of hydrogen-bond donors (Lipinski definition) is 2. The van der Waals surface area contributed by atoms with E-state index < -0.39 is 0 Å². The Morgan fingerprint density at radius 1 is 1.14 bits per heavy atom. The fraction of sp³-hybridized carbons (Fsp3) is 0.375. The fourth-order valence-electron chi connectivity index (χ4n) is 2.05. The Hall–Kier alpha value is -2.14. The van der Waals surface area contributed by atoms with E-state index in [4.69, 9.17) is 9.84 Å². The van der Waals surface area contributed by atoms with Crippen LogP contribution in [0, 0.1) is 0 Å². The highest BCUT2D eigenvalue weighted by molar-refractivity contribution is 5.49. The highest BCUT2D eigenvalue weighted by Crippen LogP contribution is 2.28. The van der Waals surface area contributed by atoms with Crippen molar-refractivity contribution in [1.82, 2.24) is 9.97 Å². The molecule has 21 heavy (non-hydrogen) atoms. The van der Waals surface area contributed by atoms with Crippen molar-refractivity contribution in [3.05, 3.63) is 41.7 Å². The van der Waals surface area contributed by atoms with E-state index in [-0.39, 0.29) is 6.61 Å². The van der Waals surface area contributed by atoms with E-state index in [9.17, 15) is 0 Å². The van der Waals surface area contributed by atoms with Gasteiger partial charge in [-0.2, -0.15) is 0 Å². The third-order valence-corrected chi connectivity index (χ3v) is 3.07. The predicted octanol–water partition coefficient (Wildman–Crippen LogP) is 3.15. The van der Waals surface area contributed by atoms with Crippen molar-refractivity contribution in [2.45, 2.75) is 33.3 Å². The molecule has 0 spiro atoms. The van der Waals surface area contributed by atoms with Crippen LogP contribution in [0.2, 0.25) is 0 Å². The molecular formula is C16H21N3O2. The maximum atomic E-state index is 9.06. The molecule has 0 aliphatic carbocycles. The number of ether oxygens (including phenoxy) is 1. The SMILES string of the molecule is CCCc1c(NCC)ncnc1Oc1ccc(CO)cc1. The molecule has 112 valence electrons. The first kappa shape index (κ1) is 15.3. The van der Waals surface area contributed by atoms with Gasteiger partial charge in [-0.25, -0.2) is 9.97 Å². The van der Waals surface area contributed by atoms with Gasteiger partial charge in [-0.15, -0.1) is 0 Å². The Bertz CT molecular complexity index is 570. The Morgan fingerprint density at radius 2 is 1.90 bits per heavy atom. The molecule has 2 N–H and O–H groups in total. The molecule has 1 aromatic carbocycles. The molecule has 0 saturated heterocycles. The number of nitrogens with zero attached hydrogens (tertiary/aromatic N) is 2. The average molecular weight is 287 g/mol. The summed E-state index contributed by atoms with van der Waals surface area (Å²) < 4.78 is 5.88. The van der Waals surface area contributed by atoms with Gasteiger partial charge in [-0.3, -0.25) is 0 Å². The summed E-state index contributed by atoms with van der Waals surface area (Å²) in [6.45, 7) is 4.98. The summed E-state index contributed by atoms with van der Waals surface area (Å²) in [6, 6.07) is 7.33. The normalized spacial score (nSPS) is 10.4. The lowest BCUT2D eigenvalue weighted by molar-refractivity contribution is 0.281. The molecule has 1 aromatic heterocycles. The summed E-state index contributed by atoms with van der Waals surface area (Å²) in [5.41, 5.74) is 1.85. The molecule has 5 heteroatoms. The first-order chi connectivity index (χ1) is 10.3. The van der Waals surface area contributed by atoms with E-state index in [1.54, 1.807) is 0 Å². The summed E-state index contributed by atoms with van der Waals surface area (Å²) in [4.78, 5) is 8.54. The highest BCUT2D eigenvalue weighted by atomic mass is 16.5. The molecular weight excluding hydrogens is 266 g/mol. The lowest BCUT2D eigenvalue weighted by Crippen LogP contribution is -2.06. The molecule has 0 aliphatic rings. The fourth-order valence-corrected chi connectivity index (χ4v) is 2.05. The Morgan fingerprint density at radius 3 is 2.52 bits per heavy atom. The summed E-state index contributed by atoms with van der Waals surface area (Å²) in [5.74, 6) is 2.11. The second kappa shape index (κ2) is 7.59. The van der Waals surface area contributed by atoms with Crippen molar-refractivity contribution in [2.75, 3.05) is 11.9 Å². The molecule has 5 nitrogen and oxygen atoms in total. The van der Waals surface area contributed by atoms with Gasteiger partial charge < -0.3 is 15.2 Å². The molecule has 0 atom stereocenters. The minimum absolute atomic E-state index is 0.0272. The van der Waals surface area contributed by atoms with E-state index in [0.29, 0.717) is 11.6 Å². The zero-order chi connectivity index (χ0) is 15.1. The van der Waals surface area contributed by atoms with E-state index in [2.05, 4.69) is 22.2 Å². The molecule has 2 aromatic rings. The van der Waals surface area contributed by atoms with Crippen LogP contribution >= 0.6 is 0 Å². The number of rotatable bonds is 7. The van der Waals surface area contributed by atoms with E-state index in [1.807, 2.05) is 31.2 Å². The minimum Gasteiger partial charge on any atom is -0.439 e. The maximum Gasteiger partial charge on any atom is 0.227 e. The van der Waals surface area contributed by atoms with Crippen molar-refractivity contribution >= 4 is 5.82 Å². The highest BCUT2D eigenvalue weighted by Gasteiger charge is 2.12. The van der Waals surface area contributed by atoms with Crippen LogP contribution < -0.4 is 10.1 Å². The lowest BCUT2D eigenvalue weighted by Gasteiger charge is -2.13. The van der Waals surface area contributed by atoms with E-state index in [0.717, 1.165) is 36.3 Å². The largest absolute Gasteiger partial charge is 0.439 e. The van der Waals surface area contributed by atoms with Crippen LogP contribution in [0.1, 0.15) is 31.4 Å². The molecule has 2 rings (SSSR count). The number of aliphatic hydroxyl groups excluding tert-OH is 1. The molecule has 0 amide bonds. The van der Waals surface area contributed by atoms with Gasteiger partial charge in [0.15, 0.2) is 0 Å². The molecule has 0 aliphatic heterocycles. The van der Waals surface area contributed by atoms with E-state index >= 15 is 0 Å². The molecule has 0 unspecified atom stereocenters. The first-order valence-corrected chi connectivity index (χ1v) is 7.23. The van der Waals surface area contributed by atoms with Gasteiger partial charge in [-0.1, -0.05) is 25.5 Å². The number of aromatic nitrogens is 2. The monoisotopic (exact) mass is 287 g/mol. The summed E-state index contributed by atoms with van der Waals surface area (Å²) in [5, 5.41) is 12.3. The predicted molar refractivity (Wildman–Crippen MR) is 82.6 cm³/mol. The summed E-state index contributed by atoms with van der Waals surface area (Å²) in [6.07, 6.45) is 3.35. The standard InChI is InChI=1S/C16H21N3O2/c1-3-5-14-15(17-4-2)18-11-19-16(14)21-13-8-6-12(10-20)7-9-13/h6-9,11,20H,3-5,10H2,1-2H3,(H,17,18,19). The quantitative estimate of drug-likeness (QED) is 0.819. The molecule has 0 saturated carbocycles. The second-order valence-corrected chi connectivity index (χ2v) is 4.69. The van der Waals surface area contributed by atoms with Crippen LogP contribution in [0.25, 0.3) is 0 Å². The van der Waals surface area contributed by atoms with Crippen molar-refractivity contribution < 1.29 is 9.84 Å². The zero-order valence-electron chi connectivity index (χ0n) is 12.5. The first-order valence-electron chi connectivity index (χ1n) is 7.23. The van der Waals surface area contributed by atoms with Crippen LogP contribution in [0.3, 0.4) is 0 Å². The van der Waals surface area contributed by atoms with Crippen molar-refractivity contribution in [3.8, 4) is 11.6 Å². The summed E-state index contributed by atoms with van der Waals surface area (Å²) in [7, 11) is 0. The van der Waals surface area contributed by atoms with Gasteiger partial charge in [0.05, 0.1) is 12.2 Å². The van der Waals surface area contributed by atoms with Gasteiger partial charge >= 0.3 is 0 Å². The maximum absolute atomic E-state index is 9.06. The van der Waals surface area contributed by atoms with Gasteiger partial charge in [0, 0.05) is 6.54 Å². The van der Waals surface area contributed by atoms with Crippen LogP contribution in [0.15, 0.2) is 30.6 Å². The zero-order valence-corrected chi connectivity index (χ0v) is 12.5. The average Bonchev–Trinajstić information content (AvgIpc) is 2.51. The summed E-state index contributed by atoms with van der Waals surface area (Å²) >= 11 is 0. The number of aliphatic hydroxyl groups is 1. The Kier molecular flexibility index (Phi) is 5.51. The third-order valence-electron chi connectivity index (χ3n) is 3.07. The van der Waals surface area contributed by atoms with E-state index in [1.165, 1.54) is 6.33 Å².